The van der Waals surface area contributed by atoms with Gasteiger partial charge in [-0.1, -0.05) is 29.3 Å². The molecule has 3 rings (SSSR count). The summed E-state index contributed by atoms with van der Waals surface area (Å²) < 4.78 is 140. The van der Waals surface area contributed by atoms with Gasteiger partial charge in [-0.15, -0.1) is 4.33 Å². The number of methoxy groups -OCH3 is 1. The van der Waals surface area contributed by atoms with E-state index in [1.54, 1.807) is 7.11 Å². The summed E-state index contributed by atoms with van der Waals surface area (Å²) in [4.78, 5) is 0.807. The molecule has 0 atom stereocenters. The highest BCUT2D eigenvalue weighted by molar-refractivity contribution is 7.94. The smallest absolute Gasteiger partial charge is 0.209 e. The van der Waals surface area contributed by atoms with Gasteiger partial charge < -0.3 is 119 Å². The van der Waals surface area contributed by atoms with E-state index < -0.39 is 0 Å². The zero-order chi connectivity index (χ0) is 70.2. The molecule has 0 aromatic heterocycles. The van der Waals surface area contributed by atoms with Crippen LogP contribution in [0.4, 0.5) is 11.4 Å². The van der Waals surface area contributed by atoms with E-state index >= 15 is 0 Å². The largest absolute Gasteiger partial charge is 0.382 e. The zero-order valence-corrected chi connectivity index (χ0v) is 60.1. The van der Waals surface area contributed by atoms with Crippen LogP contribution in [0.1, 0.15) is 19.4 Å². The maximum absolute atomic E-state index is 8.67. The van der Waals surface area contributed by atoms with E-state index in [9.17, 15) is 0 Å². The first-order valence-electron chi connectivity index (χ1n) is 34.4. The molecule has 0 saturated carbocycles. The first kappa shape index (κ1) is 89.9. The van der Waals surface area contributed by atoms with E-state index in [0.29, 0.717) is 317 Å². The van der Waals surface area contributed by atoms with Crippen LogP contribution in [0.2, 0.25) is 0 Å². The number of para-hydroxylation sites is 1. The summed E-state index contributed by atoms with van der Waals surface area (Å²) in [7, 11) is 1.64. The van der Waals surface area contributed by atoms with Crippen molar-refractivity contribution in [3.8, 4) is 0 Å². The third-order valence-electron chi connectivity index (χ3n) is 13.6. The highest BCUT2D eigenvalue weighted by Crippen LogP contribution is 2.42. The second-order valence-electron chi connectivity index (χ2n) is 21.4. The molecule has 0 aliphatic carbocycles. The number of nitrogens with zero attached hydrogens (tertiary/aromatic N) is 1. The number of benzene rings is 2. The number of anilines is 1. The van der Waals surface area contributed by atoms with E-state index in [0.717, 1.165) is 39.6 Å². The van der Waals surface area contributed by atoms with Crippen LogP contribution >= 0.6 is 12.0 Å². The van der Waals surface area contributed by atoms with Crippen LogP contribution in [0.15, 0.2) is 77.9 Å². The van der Waals surface area contributed by atoms with Gasteiger partial charge in [-0.2, -0.15) is 4.58 Å². The molecule has 0 unspecified atom stereocenters. The van der Waals surface area contributed by atoms with Gasteiger partial charge in [-0.25, -0.2) is 5.26 Å². The summed E-state index contributed by atoms with van der Waals surface area (Å²) in [6.07, 6.45) is 8.05. The predicted octanol–water partition coefficient (Wildman–Crippen LogP) is 5.70. The lowest BCUT2D eigenvalue weighted by Crippen LogP contribution is -2.28. The summed E-state index contributed by atoms with van der Waals surface area (Å²) in [6.45, 7) is 28.0. The van der Waals surface area contributed by atoms with Crippen molar-refractivity contribution >= 4 is 29.1 Å². The van der Waals surface area contributed by atoms with Crippen LogP contribution in [0, 0.1) is 0 Å². The number of hydrogen-bond acceptors (Lipinski definition) is 29. The summed E-state index contributed by atoms with van der Waals surface area (Å²) in [6, 6.07) is 16.0. The van der Waals surface area contributed by atoms with Crippen molar-refractivity contribution in [2.75, 3.05) is 329 Å². The third-order valence-corrected chi connectivity index (χ3v) is 14.2. The quantitative estimate of drug-likeness (QED) is 0.0201. The molecule has 0 spiro atoms. The van der Waals surface area contributed by atoms with Gasteiger partial charge >= 0.3 is 0 Å². The van der Waals surface area contributed by atoms with Gasteiger partial charge in [-0.05, 0) is 44.2 Å². The summed E-state index contributed by atoms with van der Waals surface area (Å²) in [5.41, 5.74) is 4.04. The van der Waals surface area contributed by atoms with E-state index in [-0.39, 0.29) is 5.41 Å². The summed E-state index contributed by atoms with van der Waals surface area (Å²) >= 11 is 0.945. The van der Waals surface area contributed by atoms with Gasteiger partial charge in [0.05, 0.1) is 321 Å². The molecule has 0 bridgehead atoms. The van der Waals surface area contributed by atoms with Crippen molar-refractivity contribution < 1.29 is 133 Å². The first-order chi connectivity index (χ1) is 49.1. The maximum atomic E-state index is 8.67. The standard InChI is InChI=1S/C69H118N2O27S/c1-69(2)66-63-65(99-98-97-72)12-13-67(66)71(68(69)11-7-8-14-70-64-9-5-4-6-10-64)15-16-74-19-20-76-23-24-78-27-28-80-31-32-82-35-36-84-39-40-86-43-44-88-47-48-90-51-52-92-55-56-94-59-60-96-62-61-95-58-57-93-54-53-91-50-49-89-46-45-87-42-41-85-38-37-83-34-33-81-30-29-79-26-25-77-22-21-75-18-17-73-3/h4-14,63,72H,15-62H2,1-3H3/p+1. The highest BCUT2D eigenvalue weighted by atomic mass is 32.2. The normalized spacial score (nSPS) is 13.0. The van der Waals surface area contributed by atoms with Gasteiger partial charge in [0.1, 0.15) is 6.61 Å². The molecule has 1 aliphatic rings. The van der Waals surface area contributed by atoms with Gasteiger partial charge in [-0.3, -0.25) is 0 Å². The fourth-order valence-corrected chi connectivity index (χ4v) is 9.02. The molecule has 0 fully saturated rings. The second kappa shape index (κ2) is 70.3. The minimum Gasteiger partial charge on any atom is -0.382 e. The number of rotatable bonds is 79. The molecule has 0 amide bonds. The number of allylic oxidation sites excluding steroid dienone is 3. The third kappa shape index (κ3) is 54.0. The van der Waals surface area contributed by atoms with Crippen LogP contribution in [-0.4, -0.2) is 340 Å². The SMILES string of the molecule is COCCOCCOCCOCCOCCOCCOCCOCCOCCOCCOCCOCCOCCOCCOCCOCCOCCOCCOCCOCCOCCOCCOCCOCC[N+]1=C(/C=C/C=C/Nc2ccccc2)C(C)(C)c2cc(SOOO)ccc21. The monoisotopic (exact) mass is 1440 g/mol. The number of fused-ring (bicyclic) bond motifs is 1. The van der Waals surface area contributed by atoms with Crippen molar-refractivity contribution in [3.05, 3.63) is 78.5 Å². The van der Waals surface area contributed by atoms with Crippen LogP contribution < -0.4 is 5.32 Å². The Labute approximate surface area is 591 Å². The van der Waals surface area contributed by atoms with Gasteiger partial charge in [0.2, 0.25) is 5.69 Å². The Balaban J connectivity index is 0.915. The topological polar surface area (TPSA) is 275 Å². The average Bonchev–Trinajstić information content (AvgIpc) is 1.60. The molecular formula is C69H119N2O27S+. The average molecular weight is 1440 g/mol. The van der Waals surface area contributed by atoms with Crippen molar-refractivity contribution in [2.45, 2.75) is 24.2 Å². The molecule has 1 aliphatic heterocycles. The highest BCUT2D eigenvalue weighted by Gasteiger charge is 2.44. The fourth-order valence-electron chi connectivity index (χ4n) is 8.62. The Morgan fingerprint density at radius 3 is 0.899 bits per heavy atom. The predicted molar refractivity (Wildman–Crippen MR) is 369 cm³/mol. The summed E-state index contributed by atoms with van der Waals surface area (Å²) in [5, 5.41) is 15.8. The van der Waals surface area contributed by atoms with E-state index in [1.807, 2.05) is 54.8 Å². The van der Waals surface area contributed by atoms with E-state index in [4.69, 9.17) is 123 Å². The Morgan fingerprint density at radius 2 is 0.626 bits per heavy atom. The number of ether oxygens (including phenoxy) is 24. The lowest BCUT2D eigenvalue weighted by Gasteiger charge is -2.16. The minimum absolute atomic E-state index is 0.310. The van der Waals surface area contributed by atoms with Crippen LogP contribution in [0.25, 0.3) is 0 Å². The Kier molecular flexibility index (Phi) is 63.8. The molecule has 30 heteroatoms. The summed E-state index contributed by atoms with van der Waals surface area (Å²) in [5.74, 6) is 0. The van der Waals surface area contributed by atoms with Crippen molar-refractivity contribution in [1.82, 2.24) is 0 Å². The zero-order valence-electron chi connectivity index (χ0n) is 59.3. The van der Waals surface area contributed by atoms with Crippen molar-refractivity contribution in [1.29, 1.82) is 0 Å². The number of hydrogen-bond donors (Lipinski definition) is 2. The minimum atomic E-state index is -0.310. The lowest BCUT2D eigenvalue weighted by molar-refractivity contribution is -0.442. The van der Waals surface area contributed by atoms with E-state index in [2.05, 4.69) is 47.0 Å². The Bertz CT molecular complexity index is 2150. The van der Waals surface area contributed by atoms with Crippen LogP contribution in [-0.2, 0) is 128 Å². The van der Waals surface area contributed by atoms with Crippen molar-refractivity contribution in [3.63, 3.8) is 0 Å². The lowest BCUT2D eigenvalue weighted by atomic mass is 9.81. The van der Waals surface area contributed by atoms with Crippen molar-refractivity contribution in [2.24, 2.45) is 0 Å². The molecule has 2 aromatic carbocycles. The maximum Gasteiger partial charge on any atom is 0.209 e. The molecule has 572 valence electrons. The molecular weight excluding hydrogens is 1320 g/mol. The van der Waals surface area contributed by atoms with E-state index in [1.165, 1.54) is 0 Å². The molecule has 2 N–H and O–H groups in total. The molecule has 1 heterocycles. The van der Waals surface area contributed by atoms with Crippen LogP contribution in [0.5, 0.6) is 0 Å². The number of nitrogens with one attached hydrogen (secondary N) is 1. The molecule has 99 heavy (non-hydrogen) atoms. The van der Waals surface area contributed by atoms with Gasteiger partial charge in [0.25, 0.3) is 0 Å². The first-order valence-corrected chi connectivity index (χ1v) is 35.2. The van der Waals surface area contributed by atoms with Gasteiger partial charge in [0.15, 0.2) is 12.3 Å². The molecule has 29 nitrogen and oxygen atoms in total. The van der Waals surface area contributed by atoms with Gasteiger partial charge in [0, 0.05) is 41.6 Å². The van der Waals surface area contributed by atoms with Crippen LogP contribution in [0.3, 0.4) is 0 Å². The molecule has 0 radical (unpaired) electrons. The fraction of sp³-hybridized carbons (Fsp3) is 0.754. The Hall–Kier alpha value is -3.34. The Morgan fingerprint density at radius 1 is 0.354 bits per heavy atom. The molecule has 0 saturated heterocycles. The second-order valence-corrected chi connectivity index (χ2v) is 22.1. The molecule has 2 aromatic rings.